The van der Waals surface area contributed by atoms with Gasteiger partial charge in [0.1, 0.15) is 5.69 Å². The SMILES string of the molecule is Cc1ccc2[nH]c(C(=O)N/N=C\c3ccc(Br)cc3)c(C)c2c1. The quantitative estimate of drug-likeness (QED) is 0.524. The van der Waals surface area contributed by atoms with Gasteiger partial charge >= 0.3 is 0 Å². The Kier molecular flexibility index (Phi) is 4.30. The highest BCUT2D eigenvalue weighted by Gasteiger charge is 2.14. The number of halogens is 1. The summed E-state index contributed by atoms with van der Waals surface area (Å²) >= 11 is 3.38. The van der Waals surface area contributed by atoms with E-state index in [1.807, 2.05) is 50.2 Å². The molecule has 0 spiro atoms. The van der Waals surface area contributed by atoms with Gasteiger partial charge in [0.15, 0.2) is 0 Å². The van der Waals surface area contributed by atoms with E-state index in [4.69, 9.17) is 0 Å². The molecule has 0 fully saturated rings. The van der Waals surface area contributed by atoms with Gasteiger partial charge in [0.05, 0.1) is 6.21 Å². The molecule has 0 atom stereocenters. The number of amides is 1. The molecule has 0 bridgehead atoms. The number of fused-ring (bicyclic) bond motifs is 1. The van der Waals surface area contributed by atoms with Crippen molar-refractivity contribution in [2.24, 2.45) is 5.10 Å². The molecule has 1 amide bonds. The number of aromatic nitrogens is 1. The number of benzene rings is 2. The van der Waals surface area contributed by atoms with Crippen LogP contribution in [0, 0.1) is 13.8 Å². The number of H-pyrrole nitrogens is 1. The maximum absolute atomic E-state index is 12.3. The molecule has 5 heteroatoms. The van der Waals surface area contributed by atoms with Crippen molar-refractivity contribution in [1.82, 2.24) is 10.4 Å². The minimum atomic E-state index is -0.246. The molecule has 23 heavy (non-hydrogen) atoms. The summed E-state index contributed by atoms with van der Waals surface area (Å²) in [5, 5.41) is 5.08. The minimum Gasteiger partial charge on any atom is -0.350 e. The van der Waals surface area contributed by atoms with E-state index in [1.165, 1.54) is 5.56 Å². The predicted molar refractivity (Wildman–Crippen MR) is 97.0 cm³/mol. The van der Waals surface area contributed by atoms with Crippen LogP contribution in [0.5, 0.6) is 0 Å². The topological polar surface area (TPSA) is 57.2 Å². The number of hydrogen-bond acceptors (Lipinski definition) is 2. The second kappa shape index (κ2) is 6.38. The first kappa shape index (κ1) is 15.5. The van der Waals surface area contributed by atoms with Crippen LogP contribution < -0.4 is 5.43 Å². The molecule has 0 aliphatic heterocycles. The summed E-state index contributed by atoms with van der Waals surface area (Å²) in [6.45, 7) is 3.97. The van der Waals surface area contributed by atoms with Crippen molar-refractivity contribution < 1.29 is 4.79 Å². The van der Waals surface area contributed by atoms with E-state index in [1.54, 1.807) is 6.21 Å². The van der Waals surface area contributed by atoms with Crippen molar-refractivity contribution in [3.8, 4) is 0 Å². The Morgan fingerprint density at radius 2 is 1.91 bits per heavy atom. The second-order valence-corrected chi connectivity index (χ2v) is 6.34. The molecule has 116 valence electrons. The Morgan fingerprint density at radius 3 is 2.65 bits per heavy atom. The molecule has 0 unspecified atom stereocenters. The summed E-state index contributed by atoms with van der Waals surface area (Å²) in [7, 11) is 0. The third-order valence-corrected chi connectivity index (χ3v) is 4.22. The molecule has 4 nitrogen and oxygen atoms in total. The molecule has 2 N–H and O–H groups in total. The van der Waals surface area contributed by atoms with Gasteiger partial charge in [-0.1, -0.05) is 39.7 Å². The zero-order valence-electron chi connectivity index (χ0n) is 12.9. The monoisotopic (exact) mass is 369 g/mol. The Morgan fingerprint density at radius 1 is 1.17 bits per heavy atom. The number of hydrazone groups is 1. The fourth-order valence-corrected chi connectivity index (χ4v) is 2.70. The van der Waals surface area contributed by atoms with E-state index < -0.39 is 0 Å². The van der Waals surface area contributed by atoms with E-state index in [-0.39, 0.29) is 5.91 Å². The smallest absolute Gasteiger partial charge is 0.288 e. The number of nitrogens with zero attached hydrogens (tertiary/aromatic N) is 1. The normalized spacial score (nSPS) is 11.3. The van der Waals surface area contributed by atoms with Gasteiger partial charge in [-0.3, -0.25) is 4.79 Å². The minimum absolute atomic E-state index is 0.246. The molecule has 0 saturated carbocycles. The van der Waals surface area contributed by atoms with Gasteiger partial charge in [-0.2, -0.15) is 5.10 Å². The summed E-state index contributed by atoms with van der Waals surface area (Å²) in [6.07, 6.45) is 1.62. The van der Waals surface area contributed by atoms with Gasteiger partial charge in [0.25, 0.3) is 5.91 Å². The van der Waals surface area contributed by atoms with Crippen LogP contribution in [0.25, 0.3) is 10.9 Å². The van der Waals surface area contributed by atoms with Crippen LogP contribution >= 0.6 is 15.9 Å². The third kappa shape index (κ3) is 3.35. The first-order chi connectivity index (χ1) is 11.0. The van der Waals surface area contributed by atoms with Gasteiger partial charge in [-0.05, 0) is 49.2 Å². The Hall–Kier alpha value is -2.40. The maximum Gasteiger partial charge on any atom is 0.288 e. The summed E-state index contributed by atoms with van der Waals surface area (Å²) in [5.74, 6) is -0.246. The van der Waals surface area contributed by atoms with Crippen molar-refractivity contribution in [3.05, 3.63) is 69.3 Å². The first-order valence-corrected chi connectivity index (χ1v) is 8.02. The second-order valence-electron chi connectivity index (χ2n) is 5.42. The van der Waals surface area contributed by atoms with E-state index >= 15 is 0 Å². The molecule has 0 aliphatic carbocycles. The van der Waals surface area contributed by atoms with Crippen molar-refractivity contribution in [3.63, 3.8) is 0 Å². The van der Waals surface area contributed by atoms with Gasteiger partial charge in [-0.15, -0.1) is 0 Å². The number of hydrogen-bond donors (Lipinski definition) is 2. The van der Waals surface area contributed by atoms with Crippen molar-refractivity contribution in [2.75, 3.05) is 0 Å². The van der Waals surface area contributed by atoms with Crippen molar-refractivity contribution >= 4 is 39.0 Å². The van der Waals surface area contributed by atoms with E-state index in [9.17, 15) is 4.79 Å². The number of carbonyl (C=O) groups is 1. The van der Waals surface area contributed by atoms with Crippen molar-refractivity contribution in [2.45, 2.75) is 13.8 Å². The van der Waals surface area contributed by atoms with Crippen molar-refractivity contribution in [1.29, 1.82) is 0 Å². The molecular weight excluding hydrogens is 354 g/mol. The van der Waals surface area contributed by atoms with Gasteiger partial charge in [-0.25, -0.2) is 5.43 Å². The fourth-order valence-electron chi connectivity index (χ4n) is 2.44. The summed E-state index contributed by atoms with van der Waals surface area (Å²) in [4.78, 5) is 15.5. The molecule has 1 aromatic heterocycles. The lowest BCUT2D eigenvalue weighted by atomic mass is 10.1. The van der Waals surface area contributed by atoms with Crippen LogP contribution in [-0.4, -0.2) is 17.1 Å². The Balaban J connectivity index is 1.78. The summed E-state index contributed by atoms with van der Waals surface area (Å²) < 4.78 is 1.00. The van der Waals surface area contributed by atoms with Crippen LogP contribution in [-0.2, 0) is 0 Å². The lowest BCUT2D eigenvalue weighted by molar-refractivity contribution is 0.0950. The zero-order chi connectivity index (χ0) is 16.4. The van der Waals surface area contributed by atoms with E-state index in [0.717, 1.165) is 26.5 Å². The van der Waals surface area contributed by atoms with Gasteiger partial charge < -0.3 is 4.98 Å². The summed E-state index contributed by atoms with van der Waals surface area (Å²) in [6, 6.07) is 13.8. The molecule has 0 saturated heterocycles. The standard InChI is InChI=1S/C18H16BrN3O/c1-11-3-8-16-15(9-11)12(2)17(21-16)18(23)22-20-10-13-4-6-14(19)7-5-13/h3-10,21H,1-2H3,(H,22,23)/b20-10-. The average molecular weight is 370 g/mol. The molecule has 0 radical (unpaired) electrons. The number of nitrogens with one attached hydrogen (secondary N) is 2. The van der Waals surface area contributed by atoms with Crippen LogP contribution in [0.4, 0.5) is 0 Å². The molecule has 3 aromatic rings. The first-order valence-electron chi connectivity index (χ1n) is 7.22. The molecule has 2 aromatic carbocycles. The van der Waals surface area contributed by atoms with Crippen LogP contribution in [0.2, 0.25) is 0 Å². The lowest BCUT2D eigenvalue weighted by Gasteiger charge is -1.99. The van der Waals surface area contributed by atoms with Crippen LogP contribution in [0.3, 0.4) is 0 Å². The third-order valence-electron chi connectivity index (χ3n) is 3.69. The van der Waals surface area contributed by atoms with E-state index in [2.05, 4.69) is 37.5 Å². The molecular formula is C18H16BrN3O. The highest BCUT2D eigenvalue weighted by Crippen LogP contribution is 2.22. The number of aromatic amines is 1. The van der Waals surface area contributed by atoms with Crippen LogP contribution in [0.15, 0.2) is 52.0 Å². The molecule has 1 heterocycles. The molecule has 0 aliphatic rings. The van der Waals surface area contributed by atoms with Gasteiger partial charge in [0, 0.05) is 15.4 Å². The van der Waals surface area contributed by atoms with E-state index in [0.29, 0.717) is 5.69 Å². The van der Waals surface area contributed by atoms with Crippen LogP contribution in [0.1, 0.15) is 27.2 Å². The lowest BCUT2D eigenvalue weighted by Crippen LogP contribution is -2.18. The number of rotatable bonds is 3. The summed E-state index contributed by atoms with van der Waals surface area (Å²) in [5.41, 5.74) is 7.07. The average Bonchev–Trinajstić information content (AvgIpc) is 2.86. The number of carbonyl (C=O) groups excluding carboxylic acids is 1. The zero-order valence-corrected chi connectivity index (χ0v) is 14.4. The largest absolute Gasteiger partial charge is 0.350 e. The Labute approximate surface area is 142 Å². The molecule has 3 rings (SSSR count). The van der Waals surface area contributed by atoms with Gasteiger partial charge in [0.2, 0.25) is 0 Å². The highest BCUT2D eigenvalue weighted by molar-refractivity contribution is 9.10. The highest BCUT2D eigenvalue weighted by atomic mass is 79.9. The number of aryl methyl sites for hydroxylation is 2. The predicted octanol–water partition coefficient (Wildman–Crippen LogP) is 4.31. The fraction of sp³-hybridized carbons (Fsp3) is 0.111. The Bertz CT molecular complexity index is 895. The maximum atomic E-state index is 12.3.